The number of carboxylic acids is 1. The van der Waals surface area contributed by atoms with E-state index in [1.54, 1.807) is 11.3 Å². The number of thiophene rings is 1. The highest BCUT2D eigenvalue weighted by Crippen LogP contribution is 2.38. The van der Waals surface area contributed by atoms with Gasteiger partial charge in [-0.15, -0.1) is 11.3 Å². The number of carbonyl (C=O) groups is 1. The van der Waals surface area contributed by atoms with Crippen LogP contribution < -0.4 is 4.74 Å². The lowest BCUT2D eigenvalue weighted by molar-refractivity contribution is -0.142. The van der Waals surface area contributed by atoms with E-state index in [1.165, 1.54) is 0 Å². The zero-order chi connectivity index (χ0) is 18.6. The maximum absolute atomic E-state index is 11.8. The topological polar surface area (TPSA) is 49.8 Å². The summed E-state index contributed by atoms with van der Waals surface area (Å²) in [6.07, 6.45) is 1.59. The molecule has 0 radical (unpaired) electrons. The van der Waals surface area contributed by atoms with Gasteiger partial charge in [-0.2, -0.15) is 0 Å². The molecule has 1 aliphatic rings. The van der Waals surface area contributed by atoms with Crippen LogP contribution >= 0.6 is 11.3 Å². The van der Waals surface area contributed by atoms with Crippen LogP contribution in [0.4, 0.5) is 0 Å². The summed E-state index contributed by atoms with van der Waals surface area (Å²) in [6.45, 7) is 0.781. The number of ether oxygens (including phenoxy) is 1. The number of para-hydroxylation sites is 1. The van der Waals surface area contributed by atoms with Crippen LogP contribution in [0.5, 0.6) is 11.5 Å². The Hall–Kier alpha value is -2.63. The van der Waals surface area contributed by atoms with Gasteiger partial charge in [0.1, 0.15) is 17.5 Å². The van der Waals surface area contributed by atoms with Gasteiger partial charge in [0.25, 0.3) is 0 Å². The highest BCUT2D eigenvalue weighted by Gasteiger charge is 2.37. The summed E-state index contributed by atoms with van der Waals surface area (Å²) in [5.41, 5.74) is 1.05. The lowest BCUT2D eigenvalue weighted by atomic mass is 10.0. The van der Waals surface area contributed by atoms with Gasteiger partial charge in [-0.1, -0.05) is 36.4 Å². The van der Waals surface area contributed by atoms with Crippen LogP contribution in [0.25, 0.3) is 0 Å². The fourth-order valence-corrected chi connectivity index (χ4v) is 4.57. The van der Waals surface area contributed by atoms with Gasteiger partial charge in [0, 0.05) is 11.4 Å². The first-order valence-corrected chi connectivity index (χ1v) is 9.95. The van der Waals surface area contributed by atoms with Crippen molar-refractivity contribution < 1.29 is 14.6 Å². The van der Waals surface area contributed by atoms with Crippen molar-refractivity contribution in [3.8, 4) is 11.5 Å². The number of benzene rings is 2. The van der Waals surface area contributed by atoms with Crippen LogP contribution in [0.15, 0.2) is 72.1 Å². The van der Waals surface area contributed by atoms with Crippen molar-refractivity contribution in [2.75, 3.05) is 6.54 Å². The second-order valence-electron chi connectivity index (χ2n) is 6.64. The lowest BCUT2D eigenvalue weighted by Gasteiger charge is -2.31. The average Bonchev–Trinajstić information content (AvgIpc) is 3.36. The van der Waals surface area contributed by atoms with Crippen molar-refractivity contribution in [2.45, 2.75) is 24.9 Å². The highest BCUT2D eigenvalue weighted by atomic mass is 32.1. The summed E-state index contributed by atoms with van der Waals surface area (Å²) < 4.78 is 5.99. The largest absolute Gasteiger partial charge is 0.480 e. The minimum atomic E-state index is -0.745. The number of nitrogens with zero attached hydrogens (tertiary/aromatic N) is 1. The summed E-state index contributed by atoms with van der Waals surface area (Å²) in [7, 11) is 0. The number of likely N-dealkylation sites (tertiary alicyclic amines) is 1. The molecule has 5 heteroatoms. The molecule has 1 saturated heterocycles. The van der Waals surface area contributed by atoms with E-state index in [9.17, 15) is 9.90 Å². The summed E-state index contributed by atoms with van der Waals surface area (Å²) in [5.74, 6) is 0.795. The Bertz CT molecular complexity index is 895. The van der Waals surface area contributed by atoms with E-state index in [0.29, 0.717) is 6.42 Å². The maximum atomic E-state index is 11.8. The second kappa shape index (κ2) is 7.94. The van der Waals surface area contributed by atoms with E-state index < -0.39 is 12.0 Å². The van der Waals surface area contributed by atoms with Crippen LogP contribution in [0.2, 0.25) is 0 Å². The fourth-order valence-electron chi connectivity index (χ4n) is 3.70. The van der Waals surface area contributed by atoms with Gasteiger partial charge in [-0.3, -0.25) is 9.69 Å². The first-order valence-electron chi connectivity index (χ1n) is 9.07. The maximum Gasteiger partial charge on any atom is 0.320 e. The molecule has 2 atom stereocenters. The normalized spacial score (nSPS) is 18.3. The molecule has 1 aromatic heterocycles. The molecule has 4 rings (SSSR count). The summed E-state index contributed by atoms with van der Waals surface area (Å²) in [5, 5.41) is 11.7. The molecule has 27 heavy (non-hydrogen) atoms. The molecular weight excluding hydrogens is 358 g/mol. The van der Waals surface area contributed by atoms with E-state index in [1.807, 2.05) is 60.0 Å². The fraction of sp³-hybridized carbons (Fsp3) is 0.227. The van der Waals surface area contributed by atoms with Crippen molar-refractivity contribution in [1.82, 2.24) is 4.90 Å². The number of carboxylic acid groups (broad SMARTS) is 1. The first kappa shape index (κ1) is 17.8. The van der Waals surface area contributed by atoms with Crippen molar-refractivity contribution >= 4 is 17.3 Å². The molecular formula is C22H21NO3S. The summed E-state index contributed by atoms with van der Waals surface area (Å²) in [6, 6.07) is 21.2. The van der Waals surface area contributed by atoms with Crippen molar-refractivity contribution in [3.05, 3.63) is 82.6 Å². The van der Waals surface area contributed by atoms with E-state index in [2.05, 4.69) is 17.0 Å². The SMILES string of the molecule is O=C(O)C1CCCN1C(c1cccc(Oc2ccccc2)c1)c1cccs1. The van der Waals surface area contributed by atoms with E-state index in [0.717, 1.165) is 34.9 Å². The molecule has 1 fully saturated rings. The molecule has 0 aliphatic carbocycles. The standard InChI is InChI=1S/C22H21NO3S/c24-22(25)19-11-5-13-23(19)21(20-12-6-14-27-20)16-7-4-10-18(15-16)26-17-8-2-1-3-9-17/h1-4,6-10,12,14-15,19,21H,5,11,13H2,(H,24,25). The highest BCUT2D eigenvalue weighted by molar-refractivity contribution is 7.10. The molecule has 0 amide bonds. The molecule has 138 valence electrons. The monoisotopic (exact) mass is 379 g/mol. The molecule has 1 N–H and O–H groups in total. The van der Waals surface area contributed by atoms with Gasteiger partial charge in [0.05, 0.1) is 6.04 Å². The Balaban J connectivity index is 1.68. The van der Waals surface area contributed by atoms with Crippen LogP contribution in [0.3, 0.4) is 0 Å². The second-order valence-corrected chi connectivity index (χ2v) is 7.62. The molecule has 1 aliphatic heterocycles. The van der Waals surface area contributed by atoms with Crippen LogP contribution in [-0.2, 0) is 4.79 Å². The molecule has 4 nitrogen and oxygen atoms in total. The van der Waals surface area contributed by atoms with Crippen LogP contribution in [-0.4, -0.2) is 28.6 Å². The van der Waals surface area contributed by atoms with Gasteiger partial charge < -0.3 is 9.84 Å². The zero-order valence-corrected chi connectivity index (χ0v) is 15.6. The zero-order valence-electron chi connectivity index (χ0n) is 14.8. The number of hydrogen-bond donors (Lipinski definition) is 1. The Morgan fingerprint density at radius 2 is 1.89 bits per heavy atom. The van der Waals surface area contributed by atoms with Gasteiger partial charge in [0.2, 0.25) is 0 Å². The quantitative estimate of drug-likeness (QED) is 0.641. The summed E-state index contributed by atoms with van der Waals surface area (Å²) >= 11 is 1.66. The first-order chi connectivity index (χ1) is 13.2. The van der Waals surface area contributed by atoms with Gasteiger partial charge >= 0.3 is 5.97 Å². The molecule has 0 bridgehead atoms. The van der Waals surface area contributed by atoms with Crippen molar-refractivity contribution in [3.63, 3.8) is 0 Å². The number of aliphatic carboxylic acids is 1. The van der Waals surface area contributed by atoms with Gasteiger partial charge in [-0.25, -0.2) is 0 Å². The average molecular weight is 379 g/mol. The number of rotatable bonds is 6. The Morgan fingerprint density at radius 3 is 2.63 bits per heavy atom. The van der Waals surface area contributed by atoms with E-state index in [4.69, 9.17) is 4.74 Å². The molecule has 2 unspecified atom stereocenters. The van der Waals surface area contributed by atoms with E-state index in [-0.39, 0.29) is 6.04 Å². The lowest BCUT2D eigenvalue weighted by Crippen LogP contribution is -2.39. The minimum Gasteiger partial charge on any atom is -0.480 e. The van der Waals surface area contributed by atoms with Crippen LogP contribution in [0.1, 0.15) is 29.3 Å². The predicted octanol–water partition coefficient (Wildman–Crippen LogP) is 5.18. The van der Waals surface area contributed by atoms with Gasteiger partial charge in [-0.05, 0) is 54.1 Å². The Labute approximate surface area is 162 Å². The van der Waals surface area contributed by atoms with Gasteiger partial charge in [0.15, 0.2) is 0 Å². The Morgan fingerprint density at radius 1 is 1.07 bits per heavy atom. The molecule has 2 heterocycles. The molecule has 0 spiro atoms. The van der Waals surface area contributed by atoms with Crippen molar-refractivity contribution in [2.24, 2.45) is 0 Å². The minimum absolute atomic E-state index is 0.0760. The van der Waals surface area contributed by atoms with Crippen molar-refractivity contribution in [1.29, 1.82) is 0 Å². The molecule has 2 aromatic carbocycles. The Kier molecular flexibility index (Phi) is 5.23. The third kappa shape index (κ3) is 3.89. The van der Waals surface area contributed by atoms with Crippen LogP contribution in [0, 0.1) is 0 Å². The predicted molar refractivity (Wildman–Crippen MR) is 106 cm³/mol. The molecule has 3 aromatic rings. The number of hydrogen-bond acceptors (Lipinski definition) is 4. The summed E-state index contributed by atoms with van der Waals surface area (Å²) in [4.78, 5) is 15.0. The molecule has 0 saturated carbocycles. The third-order valence-electron chi connectivity index (χ3n) is 4.88. The smallest absolute Gasteiger partial charge is 0.320 e. The van der Waals surface area contributed by atoms with E-state index >= 15 is 0 Å². The third-order valence-corrected chi connectivity index (χ3v) is 5.80.